The third kappa shape index (κ3) is 2.18. The molecule has 0 N–H and O–H groups in total. The average molecular weight is 212 g/mol. The van der Waals surface area contributed by atoms with Crippen molar-refractivity contribution in [2.75, 3.05) is 6.61 Å². The number of nitrogens with zero attached hydrogens (tertiary/aromatic N) is 2. The van der Waals surface area contributed by atoms with Crippen LogP contribution in [0.2, 0.25) is 0 Å². The number of rotatable bonds is 3. The van der Waals surface area contributed by atoms with Crippen molar-refractivity contribution in [3.8, 4) is 6.07 Å². The minimum absolute atomic E-state index is 0.105. The maximum absolute atomic E-state index is 8.38. The molecule has 0 radical (unpaired) electrons. The van der Waals surface area contributed by atoms with Crippen LogP contribution in [0, 0.1) is 18.3 Å². The molecule has 0 bridgehead atoms. The second kappa shape index (κ2) is 4.73. The van der Waals surface area contributed by atoms with E-state index in [9.17, 15) is 0 Å². The highest BCUT2D eigenvalue weighted by molar-refractivity contribution is 5.81. The molecule has 0 unspecified atom stereocenters. The zero-order valence-electron chi connectivity index (χ0n) is 9.10. The Bertz CT molecular complexity index is 543. The molecule has 0 spiro atoms. The van der Waals surface area contributed by atoms with Crippen LogP contribution in [0.1, 0.15) is 11.3 Å². The lowest BCUT2D eigenvalue weighted by atomic mass is 10.1. The second-order valence-electron chi connectivity index (χ2n) is 3.60. The van der Waals surface area contributed by atoms with Crippen molar-refractivity contribution in [3.63, 3.8) is 0 Å². The molecule has 1 aromatic heterocycles. The van der Waals surface area contributed by atoms with Crippen LogP contribution < -0.4 is 0 Å². The summed E-state index contributed by atoms with van der Waals surface area (Å²) in [5, 5.41) is 9.53. The summed E-state index contributed by atoms with van der Waals surface area (Å²) < 4.78 is 5.15. The van der Waals surface area contributed by atoms with Crippen LogP contribution in [0.15, 0.2) is 30.3 Å². The van der Waals surface area contributed by atoms with Gasteiger partial charge in [0.05, 0.1) is 23.9 Å². The Labute approximate surface area is 94.3 Å². The number of para-hydroxylation sites is 1. The smallest absolute Gasteiger partial charge is 0.134 e. The Morgan fingerprint density at radius 3 is 3.00 bits per heavy atom. The van der Waals surface area contributed by atoms with Gasteiger partial charge >= 0.3 is 0 Å². The normalized spacial score (nSPS) is 10.2. The first kappa shape index (κ1) is 10.6. The van der Waals surface area contributed by atoms with Crippen LogP contribution in [0.5, 0.6) is 0 Å². The summed E-state index contributed by atoms with van der Waals surface area (Å²) in [5.74, 6) is 0. The van der Waals surface area contributed by atoms with Crippen LogP contribution in [-0.4, -0.2) is 11.6 Å². The molecule has 0 fully saturated rings. The number of pyridine rings is 1. The Hall–Kier alpha value is -1.92. The topological polar surface area (TPSA) is 45.9 Å². The van der Waals surface area contributed by atoms with E-state index in [0.717, 1.165) is 16.6 Å². The Balaban J connectivity index is 2.31. The zero-order valence-corrected chi connectivity index (χ0v) is 9.10. The number of hydrogen-bond acceptors (Lipinski definition) is 3. The summed E-state index contributed by atoms with van der Waals surface area (Å²) in [6.45, 7) is 2.55. The summed E-state index contributed by atoms with van der Waals surface area (Å²) in [7, 11) is 0. The van der Waals surface area contributed by atoms with Crippen molar-refractivity contribution in [2.45, 2.75) is 13.5 Å². The van der Waals surface area contributed by atoms with Gasteiger partial charge in [-0.15, -0.1) is 0 Å². The Morgan fingerprint density at radius 2 is 2.19 bits per heavy atom. The molecule has 0 aliphatic rings. The van der Waals surface area contributed by atoms with E-state index in [4.69, 9.17) is 10.00 Å². The molecule has 0 saturated carbocycles. The fraction of sp³-hybridized carbons (Fsp3) is 0.231. The largest absolute Gasteiger partial charge is 0.360 e. The second-order valence-corrected chi connectivity index (χ2v) is 3.60. The molecule has 2 aromatic rings. The highest BCUT2D eigenvalue weighted by atomic mass is 16.5. The number of aromatic nitrogens is 1. The van der Waals surface area contributed by atoms with Gasteiger partial charge in [-0.05, 0) is 24.6 Å². The van der Waals surface area contributed by atoms with Crippen LogP contribution in [0.4, 0.5) is 0 Å². The fourth-order valence-corrected chi connectivity index (χ4v) is 1.69. The van der Waals surface area contributed by atoms with E-state index < -0.39 is 0 Å². The first-order chi connectivity index (χ1) is 7.81. The average Bonchev–Trinajstić information content (AvgIpc) is 2.30. The Morgan fingerprint density at radius 1 is 1.38 bits per heavy atom. The van der Waals surface area contributed by atoms with Crippen molar-refractivity contribution in [1.82, 2.24) is 4.98 Å². The number of nitriles is 1. The number of fused-ring (bicyclic) bond motifs is 1. The van der Waals surface area contributed by atoms with Crippen molar-refractivity contribution in [3.05, 3.63) is 41.6 Å². The standard InChI is InChI=1S/C13H12N2O/c1-10-8-11(9-16-7-6-14)15-13-5-3-2-4-12(10)13/h2-5,8H,7,9H2,1H3. The maximum Gasteiger partial charge on any atom is 0.134 e. The molecule has 1 heterocycles. The monoisotopic (exact) mass is 212 g/mol. The number of aryl methyl sites for hydroxylation is 1. The predicted octanol–water partition coefficient (Wildman–Crippen LogP) is 2.58. The summed E-state index contributed by atoms with van der Waals surface area (Å²) in [6.07, 6.45) is 0. The van der Waals surface area contributed by atoms with Gasteiger partial charge in [0.15, 0.2) is 0 Å². The van der Waals surface area contributed by atoms with Gasteiger partial charge in [0.1, 0.15) is 6.61 Å². The molecule has 2 rings (SSSR count). The van der Waals surface area contributed by atoms with Gasteiger partial charge in [0.2, 0.25) is 0 Å². The minimum atomic E-state index is 0.105. The molecular formula is C13H12N2O. The van der Waals surface area contributed by atoms with Gasteiger partial charge in [0.25, 0.3) is 0 Å². The summed E-state index contributed by atoms with van der Waals surface area (Å²) in [5.41, 5.74) is 3.02. The molecule has 0 atom stereocenters. The van der Waals surface area contributed by atoms with Crippen LogP contribution in [0.3, 0.4) is 0 Å². The molecule has 80 valence electrons. The Kier molecular flexibility index (Phi) is 3.13. The number of hydrogen-bond donors (Lipinski definition) is 0. The first-order valence-corrected chi connectivity index (χ1v) is 5.11. The van der Waals surface area contributed by atoms with Crippen LogP contribution >= 0.6 is 0 Å². The van der Waals surface area contributed by atoms with Gasteiger partial charge in [-0.1, -0.05) is 18.2 Å². The van der Waals surface area contributed by atoms with Crippen LogP contribution in [0.25, 0.3) is 10.9 Å². The van der Waals surface area contributed by atoms with Crippen molar-refractivity contribution in [1.29, 1.82) is 5.26 Å². The van der Waals surface area contributed by atoms with Gasteiger partial charge in [-0.2, -0.15) is 5.26 Å². The summed E-state index contributed by atoms with van der Waals surface area (Å²) in [4.78, 5) is 4.47. The lowest BCUT2D eigenvalue weighted by Crippen LogP contribution is -1.97. The first-order valence-electron chi connectivity index (χ1n) is 5.11. The van der Waals surface area contributed by atoms with Gasteiger partial charge in [0, 0.05) is 5.39 Å². The molecule has 1 aromatic carbocycles. The van der Waals surface area contributed by atoms with E-state index in [0.29, 0.717) is 6.61 Å². The maximum atomic E-state index is 8.38. The molecule has 3 nitrogen and oxygen atoms in total. The molecule has 0 aliphatic heterocycles. The van der Waals surface area contributed by atoms with Crippen molar-refractivity contribution in [2.24, 2.45) is 0 Å². The SMILES string of the molecule is Cc1cc(COCC#N)nc2ccccc12. The fourth-order valence-electron chi connectivity index (χ4n) is 1.69. The zero-order chi connectivity index (χ0) is 11.4. The number of benzene rings is 1. The third-order valence-corrected chi connectivity index (χ3v) is 2.39. The van der Waals surface area contributed by atoms with E-state index >= 15 is 0 Å². The van der Waals surface area contributed by atoms with Gasteiger partial charge < -0.3 is 4.74 Å². The molecule has 0 amide bonds. The van der Waals surface area contributed by atoms with Gasteiger partial charge in [-0.25, -0.2) is 0 Å². The van der Waals surface area contributed by atoms with E-state index in [-0.39, 0.29) is 6.61 Å². The lowest BCUT2D eigenvalue weighted by Gasteiger charge is -2.05. The molecular weight excluding hydrogens is 200 g/mol. The van der Waals surface area contributed by atoms with E-state index in [1.807, 2.05) is 30.3 Å². The lowest BCUT2D eigenvalue weighted by molar-refractivity contribution is 0.149. The van der Waals surface area contributed by atoms with Crippen LogP contribution in [-0.2, 0) is 11.3 Å². The molecule has 3 heteroatoms. The van der Waals surface area contributed by atoms with E-state index in [1.165, 1.54) is 5.56 Å². The predicted molar refractivity (Wildman–Crippen MR) is 61.7 cm³/mol. The molecule has 0 aliphatic carbocycles. The third-order valence-electron chi connectivity index (χ3n) is 2.39. The van der Waals surface area contributed by atoms with Gasteiger partial charge in [-0.3, -0.25) is 4.98 Å². The van der Waals surface area contributed by atoms with E-state index in [2.05, 4.69) is 18.0 Å². The summed E-state index contributed by atoms with van der Waals surface area (Å²) >= 11 is 0. The van der Waals surface area contributed by atoms with E-state index in [1.54, 1.807) is 0 Å². The highest BCUT2D eigenvalue weighted by Crippen LogP contribution is 2.17. The molecule has 16 heavy (non-hydrogen) atoms. The minimum Gasteiger partial charge on any atom is -0.360 e. The van der Waals surface area contributed by atoms with Crippen molar-refractivity contribution < 1.29 is 4.74 Å². The number of ether oxygens (including phenoxy) is 1. The highest BCUT2D eigenvalue weighted by Gasteiger charge is 2.01. The molecule has 0 saturated heterocycles. The quantitative estimate of drug-likeness (QED) is 0.734. The summed E-state index contributed by atoms with van der Waals surface area (Å²) in [6, 6.07) is 11.9. The van der Waals surface area contributed by atoms with Crippen molar-refractivity contribution >= 4 is 10.9 Å².